The number of hydrogen-bond acceptors (Lipinski definition) is 5. The fourth-order valence-corrected chi connectivity index (χ4v) is 4.13. The summed E-state index contributed by atoms with van der Waals surface area (Å²) < 4.78 is 5.25. The van der Waals surface area contributed by atoms with Crippen LogP contribution in [0.25, 0.3) is 22.3 Å². The summed E-state index contributed by atoms with van der Waals surface area (Å²) >= 11 is 1.48. The Morgan fingerprint density at radius 1 is 1.07 bits per heavy atom. The van der Waals surface area contributed by atoms with Gasteiger partial charge in [0.15, 0.2) is 0 Å². The van der Waals surface area contributed by atoms with Crippen molar-refractivity contribution in [3.8, 4) is 34.1 Å². The summed E-state index contributed by atoms with van der Waals surface area (Å²) in [6.07, 6.45) is 0. The van der Waals surface area contributed by atoms with Crippen molar-refractivity contribution in [1.82, 2.24) is 4.98 Å². The lowest BCUT2D eigenvalue weighted by atomic mass is 9.93. The van der Waals surface area contributed by atoms with Crippen molar-refractivity contribution in [1.29, 1.82) is 5.26 Å². The molecule has 1 heterocycles. The molecule has 0 aliphatic heterocycles. The molecule has 0 atom stereocenters. The highest BCUT2D eigenvalue weighted by atomic mass is 32.2. The summed E-state index contributed by atoms with van der Waals surface area (Å²) in [6.45, 7) is 2.00. The highest BCUT2D eigenvalue weighted by Gasteiger charge is 2.33. The molecule has 0 bridgehead atoms. The van der Waals surface area contributed by atoms with E-state index in [1.54, 1.807) is 7.11 Å². The number of rotatable bonds is 4. The number of nitriles is 1. The molecular formula is C22H16N2O2S. The van der Waals surface area contributed by atoms with Crippen LogP contribution in [-0.4, -0.2) is 23.6 Å². The lowest BCUT2D eigenvalue weighted by Gasteiger charge is -2.14. The lowest BCUT2D eigenvalue weighted by molar-refractivity contribution is 0.103. The van der Waals surface area contributed by atoms with Crippen LogP contribution in [0.3, 0.4) is 0 Å². The smallest absolute Gasteiger partial charge is 0.212 e. The molecule has 2 aromatic carbocycles. The van der Waals surface area contributed by atoms with Gasteiger partial charge < -0.3 is 4.74 Å². The Kier molecular flexibility index (Phi) is 4.43. The summed E-state index contributed by atoms with van der Waals surface area (Å²) in [7, 11) is 1.62. The molecule has 0 saturated heterocycles. The Labute approximate surface area is 161 Å². The maximum Gasteiger partial charge on any atom is 0.212 e. The van der Waals surface area contributed by atoms with E-state index < -0.39 is 0 Å². The Morgan fingerprint density at radius 2 is 1.78 bits per heavy atom. The molecule has 0 saturated carbocycles. The molecule has 1 aliphatic carbocycles. The van der Waals surface area contributed by atoms with E-state index in [9.17, 15) is 10.1 Å². The van der Waals surface area contributed by atoms with E-state index >= 15 is 0 Å². The van der Waals surface area contributed by atoms with Crippen molar-refractivity contribution in [2.75, 3.05) is 12.9 Å². The van der Waals surface area contributed by atoms with Crippen molar-refractivity contribution in [3.63, 3.8) is 0 Å². The van der Waals surface area contributed by atoms with E-state index in [2.05, 4.69) is 11.1 Å². The minimum absolute atomic E-state index is 0.0854. The van der Waals surface area contributed by atoms with Gasteiger partial charge in [0, 0.05) is 16.7 Å². The number of benzene rings is 2. The number of pyridine rings is 1. The second-order valence-corrected chi connectivity index (χ2v) is 7.29. The SMILES string of the molecule is CCSc1nc2c(c(-c3ccc(OC)cc3)c1C#N)-c1ccccc1C2=O. The molecule has 0 unspecified atom stereocenters. The van der Waals surface area contributed by atoms with Gasteiger partial charge in [-0.25, -0.2) is 4.98 Å². The number of nitrogens with zero attached hydrogens (tertiary/aromatic N) is 2. The predicted molar refractivity (Wildman–Crippen MR) is 106 cm³/mol. The van der Waals surface area contributed by atoms with Crippen molar-refractivity contribution < 1.29 is 9.53 Å². The van der Waals surface area contributed by atoms with E-state index in [1.165, 1.54) is 11.8 Å². The maximum absolute atomic E-state index is 13.0. The molecular weight excluding hydrogens is 356 g/mol. The second-order valence-electron chi connectivity index (χ2n) is 6.04. The first-order chi connectivity index (χ1) is 13.2. The lowest BCUT2D eigenvalue weighted by Crippen LogP contribution is -2.03. The summed E-state index contributed by atoms with van der Waals surface area (Å²) in [5.41, 5.74) is 4.79. The average Bonchev–Trinajstić information content (AvgIpc) is 3.00. The van der Waals surface area contributed by atoms with Crippen LogP contribution in [0.1, 0.15) is 28.5 Å². The third-order valence-corrected chi connectivity index (χ3v) is 5.45. The number of hydrogen-bond donors (Lipinski definition) is 0. The van der Waals surface area contributed by atoms with Gasteiger partial charge in [0.1, 0.15) is 22.5 Å². The summed E-state index contributed by atoms with van der Waals surface area (Å²) in [6, 6.07) is 17.4. The molecule has 3 aromatic rings. The van der Waals surface area contributed by atoms with E-state index in [0.717, 1.165) is 33.8 Å². The van der Waals surface area contributed by atoms with Crippen molar-refractivity contribution in [2.24, 2.45) is 0 Å². The number of thioether (sulfide) groups is 1. The number of carbonyl (C=O) groups excluding carboxylic acids is 1. The third-order valence-electron chi connectivity index (χ3n) is 4.59. The van der Waals surface area contributed by atoms with Crippen molar-refractivity contribution in [3.05, 3.63) is 65.4 Å². The van der Waals surface area contributed by atoms with Crippen LogP contribution < -0.4 is 4.74 Å². The Morgan fingerprint density at radius 3 is 2.41 bits per heavy atom. The minimum atomic E-state index is -0.0854. The number of ketones is 1. The van der Waals surface area contributed by atoms with E-state index in [0.29, 0.717) is 21.8 Å². The number of aromatic nitrogens is 1. The normalized spacial score (nSPS) is 11.7. The van der Waals surface area contributed by atoms with Crippen LogP contribution in [-0.2, 0) is 0 Å². The molecule has 27 heavy (non-hydrogen) atoms. The predicted octanol–water partition coefficient (Wildman–Crippen LogP) is 4.95. The summed E-state index contributed by atoms with van der Waals surface area (Å²) in [5, 5.41) is 10.5. The zero-order chi connectivity index (χ0) is 19.0. The van der Waals surface area contributed by atoms with Crippen LogP contribution in [0.15, 0.2) is 53.6 Å². The molecule has 0 radical (unpaired) electrons. The largest absolute Gasteiger partial charge is 0.497 e. The van der Waals surface area contributed by atoms with Gasteiger partial charge in [0.25, 0.3) is 0 Å². The quantitative estimate of drug-likeness (QED) is 0.474. The molecule has 4 rings (SSSR count). The molecule has 0 N–H and O–H groups in total. The molecule has 1 aromatic heterocycles. The average molecular weight is 372 g/mol. The third kappa shape index (κ3) is 2.70. The fourth-order valence-electron chi connectivity index (χ4n) is 3.41. The van der Waals surface area contributed by atoms with Crippen LogP contribution in [0.2, 0.25) is 0 Å². The van der Waals surface area contributed by atoms with Crippen LogP contribution in [0, 0.1) is 11.3 Å². The molecule has 1 aliphatic rings. The van der Waals surface area contributed by atoms with Gasteiger partial charge in [-0.05, 0) is 29.0 Å². The number of methoxy groups -OCH3 is 1. The van der Waals surface area contributed by atoms with Gasteiger partial charge in [-0.3, -0.25) is 4.79 Å². The Bertz CT molecular complexity index is 1100. The van der Waals surface area contributed by atoms with Gasteiger partial charge in [-0.15, -0.1) is 11.8 Å². The van der Waals surface area contributed by atoms with E-state index in [4.69, 9.17) is 4.74 Å². The van der Waals surface area contributed by atoms with Crippen molar-refractivity contribution >= 4 is 17.5 Å². The Balaban J connectivity index is 2.09. The van der Waals surface area contributed by atoms with Gasteiger partial charge >= 0.3 is 0 Å². The number of carbonyl (C=O) groups is 1. The molecule has 132 valence electrons. The zero-order valence-electron chi connectivity index (χ0n) is 14.9. The second kappa shape index (κ2) is 6.90. The highest BCUT2D eigenvalue weighted by molar-refractivity contribution is 7.99. The number of fused-ring (bicyclic) bond motifs is 3. The first kappa shape index (κ1) is 17.3. The fraction of sp³-hybridized carbons (Fsp3) is 0.136. The van der Waals surface area contributed by atoms with Gasteiger partial charge in [0.05, 0.1) is 12.7 Å². The standard InChI is InChI=1S/C22H16N2O2S/c1-3-27-22-17(12-23)18(13-8-10-14(26-2)11-9-13)19-15-6-4-5-7-16(15)21(25)20(19)24-22/h4-11H,3H2,1-2H3. The maximum atomic E-state index is 13.0. The highest BCUT2D eigenvalue weighted by Crippen LogP contribution is 2.46. The minimum Gasteiger partial charge on any atom is -0.497 e. The first-order valence-corrected chi connectivity index (χ1v) is 9.57. The number of ether oxygens (including phenoxy) is 1. The van der Waals surface area contributed by atoms with Crippen LogP contribution in [0.5, 0.6) is 5.75 Å². The molecule has 4 nitrogen and oxygen atoms in total. The molecule has 0 spiro atoms. The topological polar surface area (TPSA) is 63.0 Å². The first-order valence-electron chi connectivity index (χ1n) is 8.59. The molecule has 0 amide bonds. The molecule has 0 fully saturated rings. The van der Waals surface area contributed by atoms with Gasteiger partial charge in [0.2, 0.25) is 5.78 Å². The Hall–Kier alpha value is -3.10. The van der Waals surface area contributed by atoms with Crippen LogP contribution in [0.4, 0.5) is 0 Å². The zero-order valence-corrected chi connectivity index (χ0v) is 15.8. The summed E-state index contributed by atoms with van der Waals surface area (Å²) in [5.74, 6) is 1.42. The van der Waals surface area contributed by atoms with E-state index in [1.807, 2.05) is 55.5 Å². The van der Waals surface area contributed by atoms with Gasteiger partial charge in [-0.2, -0.15) is 5.26 Å². The molecule has 5 heteroatoms. The van der Waals surface area contributed by atoms with Gasteiger partial charge in [-0.1, -0.05) is 43.3 Å². The van der Waals surface area contributed by atoms with E-state index in [-0.39, 0.29) is 5.78 Å². The van der Waals surface area contributed by atoms with Crippen molar-refractivity contribution in [2.45, 2.75) is 11.9 Å². The summed E-state index contributed by atoms with van der Waals surface area (Å²) in [4.78, 5) is 17.5. The van der Waals surface area contributed by atoms with Crippen LogP contribution >= 0.6 is 11.8 Å². The monoisotopic (exact) mass is 372 g/mol.